The van der Waals surface area contributed by atoms with Crippen LogP contribution < -0.4 is 0 Å². The number of carbonyl (C=O) groups is 2. The Bertz CT molecular complexity index is 657. The largest absolute Gasteiger partial charge is 0.513 e. The fraction of sp³-hybridized carbons (Fsp3) is 0.125. The lowest BCUT2D eigenvalue weighted by molar-refractivity contribution is 0.0509. The molecule has 0 radical (unpaired) electrons. The van der Waals surface area contributed by atoms with Crippen molar-refractivity contribution in [1.82, 2.24) is 0 Å². The second-order valence-corrected chi connectivity index (χ2v) is 4.48. The van der Waals surface area contributed by atoms with Crippen LogP contribution in [0.3, 0.4) is 0 Å². The van der Waals surface area contributed by atoms with Crippen molar-refractivity contribution >= 4 is 12.1 Å². The lowest BCUT2D eigenvalue weighted by Crippen LogP contribution is -2.09. The molecule has 0 aliphatic carbocycles. The van der Waals surface area contributed by atoms with E-state index in [0.29, 0.717) is 0 Å². The first kappa shape index (κ1) is 13.8. The second kappa shape index (κ2) is 5.57. The Morgan fingerprint density at radius 2 is 1.65 bits per heavy atom. The normalized spacial score (nSPS) is 10.1. The molecule has 0 bridgehead atoms. The highest BCUT2D eigenvalue weighted by molar-refractivity contribution is 5.95. The first-order valence-corrected chi connectivity index (χ1v) is 6.11. The standard InChI is InChI=1S/C16H14O4/c1-10-4-3-5-14(11(10)2)12-6-8-13(9-7-12)15(17)20-16(18)19/h3-9H,1-2H3,(H,18,19). The van der Waals surface area contributed by atoms with E-state index in [1.807, 2.05) is 32.0 Å². The molecule has 2 aromatic rings. The van der Waals surface area contributed by atoms with Gasteiger partial charge in [0.25, 0.3) is 0 Å². The van der Waals surface area contributed by atoms with Crippen LogP contribution in [0.5, 0.6) is 0 Å². The molecule has 1 N–H and O–H groups in total. The maximum atomic E-state index is 11.4. The van der Waals surface area contributed by atoms with Gasteiger partial charge in [0, 0.05) is 0 Å². The minimum Gasteiger partial charge on any atom is -0.449 e. The van der Waals surface area contributed by atoms with Crippen LogP contribution in [-0.2, 0) is 4.74 Å². The van der Waals surface area contributed by atoms with Crippen LogP contribution in [0.1, 0.15) is 21.5 Å². The van der Waals surface area contributed by atoms with Crippen LogP contribution in [-0.4, -0.2) is 17.2 Å². The second-order valence-electron chi connectivity index (χ2n) is 4.48. The molecule has 4 nitrogen and oxygen atoms in total. The van der Waals surface area contributed by atoms with Gasteiger partial charge in [0.05, 0.1) is 5.56 Å². The van der Waals surface area contributed by atoms with E-state index in [1.54, 1.807) is 24.3 Å². The molecule has 0 unspecified atom stereocenters. The summed E-state index contributed by atoms with van der Waals surface area (Å²) in [6.45, 7) is 4.08. The molecular formula is C16H14O4. The fourth-order valence-electron chi connectivity index (χ4n) is 1.99. The predicted octanol–water partition coefficient (Wildman–Crippen LogP) is 3.81. The Labute approximate surface area is 116 Å². The number of rotatable bonds is 2. The Morgan fingerprint density at radius 1 is 1.00 bits per heavy atom. The van der Waals surface area contributed by atoms with Gasteiger partial charge in [-0.2, -0.15) is 0 Å². The molecule has 4 heteroatoms. The zero-order chi connectivity index (χ0) is 14.7. The van der Waals surface area contributed by atoms with Crippen molar-refractivity contribution in [2.24, 2.45) is 0 Å². The SMILES string of the molecule is Cc1cccc(-c2ccc(C(=O)OC(=O)O)cc2)c1C. The van der Waals surface area contributed by atoms with Gasteiger partial charge >= 0.3 is 12.1 Å². The maximum Gasteiger partial charge on any atom is 0.513 e. The minimum atomic E-state index is -1.60. The number of carboxylic acid groups (broad SMARTS) is 1. The zero-order valence-corrected chi connectivity index (χ0v) is 11.2. The first-order valence-electron chi connectivity index (χ1n) is 6.11. The van der Waals surface area contributed by atoms with Crippen molar-refractivity contribution in [1.29, 1.82) is 0 Å². The Kier molecular flexibility index (Phi) is 3.84. The van der Waals surface area contributed by atoms with Crippen LogP contribution >= 0.6 is 0 Å². The van der Waals surface area contributed by atoms with Gasteiger partial charge in [0.15, 0.2) is 0 Å². The van der Waals surface area contributed by atoms with Crippen molar-refractivity contribution in [2.75, 3.05) is 0 Å². The van der Waals surface area contributed by atoms with E-state index in [2.05, 4.69) is 4.74 Å². The molecule has 0 atom stereocenters. The average Bonchev–Trinajstić information content (AvgIpc) is 2.41. The molecule has 0 saturated heterocycles. The minimum absolute atomic E-state index is 0.210. The molecule has 0 amide bonds. The van der Waals surface area contributed by atoms with E-state index < -0.39 is 12.1 Å². The third-order valence-corrected chi connectivity index (χ3v) is 3.22. The van der Waals surface area contributed by atoms with Crippen LogP contribution in [0.25, 0.3) is 11.1 Å². The summed E-state index contributed by atoms with van der Waals surface area (Å²) in [5.41, 5.74) is 4.63. The van der Waals surface area contributed by atoms with Crippen molar-refractivity contribution in [3.63, 3.8) is 0 Å². The molecule has 0 aliphatic rings. The summed E-state index contributed by atoms with van der Waals surface area (Å²) in [4.78, 5) is 21.7. The molecule has 102 valence electrons. The van der Waals surface area contributed by atoms with E-state index in [1.165, 1.54) is 11.1 Å². The average molecular weight is 270 g/mol. The number of hydrogen-bond donors (Lipinski definition) is 1. The van der Waals surface area contributed by atoms with Crippen LogP contribution in [0.2, 0.25) is 0 Å². The summed E-state index contributed by atoms with van der Waals surface area (Å²) < 4.78 is 4.10. The van der Waals surface area contributed by atoms with Crippen molar-refractivity contribution < 1.29 is 19.4 Å². The van der Waals surface area contributed by atoms with E-state index in [4.69, 9.17) is 5.11 Å². The molecule has 0 spiro atoms. The van der Waals surface area contributed by atoms with Crippen molar-refractivity contribution in [2.45, 2.75) is 13.8 Å². The van der Waals surface area contributed by atoms with Gasteiger partial charge in [0.2, 0.25) is 0 Å². The third kappa shape index (κ3) is 2.85. The summed E-state index contributed by atoms with van der Waals surface area (Å²) in [6.07, 6.45) is -1.60. The van der Waals surface area contributed by atoms with Gasteiger partial charge in [-0.25, -0.2) is 9.59 Å². The van der Waals surface area contributed by atoms with Gasteiger partial charge in [-0.3, -0.25) is 0 Å². The van der Waals surface area contributed by atoms with Gasteiger partial charge in [-0.05, 0) is 48.2 Å². The monoisotopic (exact) mass is 270 g/mol. The first-order chi connectivity index (χ1) is 9.49. The molecule has 0 aliphatic heterocycles. The Hall–Kier alpha value is -2.62. The predicted molar refractivity (Wildman–Crippen MR) is 74.8 cm³/mol. The summed E-state index contributed by atoms with van der Waals surface area (Å²) in [5, 5.41) is 8.40. The van der Waals surface area contributed by atoms with Gasteiger partial charge in [0.1, 0.15) is 0 Å². The summed E-state index contributed by atoms with van der Waals surface area (Å²) >= 11 is 0. The number of carbonyl (C=O) groups excluding carboxylic acids is 1. The molecule has 0 heterocycles. The van der Waals surface area contributed by atoms with Crippen LogP contribution in [0, 0.1) is 13.8 Å². The molecule has 0 fully saturated rings. The number of aryl methyl sites for hydroxylation is 1. The molecule has 2 aromatic carbocycles. The highest BCUT2D eigenvalue weighted by atomic mass is 16.7. The number of benzene rings is 2. The quantitative estimate of drug-likeness (QED) is 0.665. The molecular weight excluding hydrogens is 256 g/mol. The summed E-state index contributed by atoms with van der Waals surface area (Å²) in [6, 6.07) is 12.7. The molecule has 0 saturated carbocycles. The van der Waals surface area contributed by atoms with E-state index >= 15 is 0 Å². The van der Waals surface area contributed by atoms with Gasteiger partial charge < -0.3 is 9.84 Å². The number of esters is 1. The van der Waals surface area contributed by atoms with E-state index in [-0.39, 0.29) is 5.56 Å². The molecule has 2 rings (SSSR count). The third-order valence-electron chi connectivity index (χ3n) is 3.22. The van der Waals surface area contributed by atoms with E-state index in [0.717, 1.165) is 11.1 Å². The number of hydrogen-bond acceptors (Lipinski definition) is 3. The highest BCUT2D eigenvalue weighted by Crippen LogP contribution is 2.25. The topological polar surface area (TPSA) is 63.6 Å². The zero-order valence-electron chi connectivity index (χ0n) is 11.2. The highest BCUT2D eigenvalue weighted by Gasteiger charge is 2.12. The van der Waals surface area contributed by atoms with Crippen LogP contribution in [0.15, 0.2) is 42.5 Å². The molecule has 0 aromatic heterocycles. The Morgan fingerprint density at radius 3 is 2.25 bits per heavy atom. The maximum absolute atomic E-state index is 11.4. The summed E-state index contributed by atoms with van der Waals surface area (Å²) in [7, 11) is 0. The van der Waals surface area contributed by atoms with E-state index in [9.17, 15) is 9.59 Å². The van der Waals surface area contributed by atoms with Crippen molar-refractivity contribution in [3.8, 4) is 11.1 Å². The Balaban J connectivity index is 2.31. The lowest BCUT2D eigenvalue weighted by Gasteiger charge is -2.09. The fourth-order valence-corrected chi connectivity index (χ4v) is 1.99. The van der Waals surface area contributed by atoms with Crippen LogP contribution in [0.4, 0.5) is 4.79 Å². The van der Waals surface area contributed by atoms with Gasteiger partial charge in [-0.15, -0.1) is 0 Å². The number of ether oxygens (including phenoxy) is 1. The van der Waals surface area contributed by atoms with Gasteiger partial charge in [-0.1, -0.05) is 30.3 Å². The van der Waals surface area contributed by atoms with Crippen molar-refractivity contribution in [3.05, 3.63) is 59.2 Å². The molecule has 20 heavy (non-hydrogen) atoms. The smallest absolute Gasteiger partial charge is 0.449 e. The lowest BCUT2D eigenvalue weighted by atomic mass is 9.96. The summed E-state index contributed by atoms with van der Waals surface area (Å²) in [5.74, 6) is -0.870.